The van der Waals surface area contributed by atoms with Crippen molar-refractivity contribution in [3.05, 3.63) is 34.9 Å². The van der Waals surface area contributed by atoms with E-state index < -0.39 is 0 Å². The fourth-order valence-electron chi connectivity index (χ4n) is 5.89. The Hall–Kier alpha value is -0.860. The largest absolute Gasteiger partial charge is 0.303 e. The molecule has 0 amide bonds. The molecule has 2 heteroatoms. The maximum Gasteiger partial charge on any atom is 0.0182 e. The Morgan fingerprint density at radius 3 is 2.83 bits per heavy atom. The van der Waals surface area contributed by atoms with Crippen molar-refractivity contribution in [2.45, 2.75) is 50.5 Å². The number of hydrogen-bond donors (Lipinski definition) is 0. The lowest BCUT2D eigenvalue weighted by molar-refractivity contribution is -0.0284. The number of aryl methyl sites for hydroxylation is 1. The molecule has 2 aliphatic carbocycles. The molecule has 0 aromatic heterocycles. The van der Waals surface area contributed by atoms with Gasteiger partial charge in [-0.05, 0) is 82.1 Å². The summed E-state index contributed by atoms with van der Waals surface area (Å²) in [6.45, 7) is 7.62. The topological polar surface area (TPSA) is 6.48 Å². The van der Waals surface area contributed by atoms with Crippen molar-refractivity contribution in [3.63, 3.8) is 0 Å². The zero-order valence-corrected chi connectivity index (χ0v) is 14.7. The number of hydrogen-bond acceptors (Lipinski definition) is 2. The van der Waals surface area contributed by atoms with Gasteiger partial charge in [0.15, 0.2) is 0 Å². The second-order valence-corrected chi connectivity index (χ2v) is 8.88. The fraction of sp³-hybridized carbons (Fsp3) is 0.714. The van der Waals surface area contributed by atoms with Gasteiger partial charge in [0.05, 0.1) is 0 Å². The fourth-order valence-corrected chi connectivity index (χ4v) is 5.89. The van der Waals surface area contributed by atoms with Crippen LogP contribution < -0.4 is 0 Å². The lowest BCUT2D eigenvalue weighted by atomic mass is 9.54. The third kappa shape index (κ3) is 2.21. The molecule has 3 atom stereocenters. The number of nitrogens with zero attached hydrogens (tertiary/aromatic N) is 2. The van der Waals surface area contributed by atoms with Gasteiger partial charge in [-0.3, -0.25) is 0 Å². The molecular weight excluding hydrogens is 280 g/mol. The van der Waals surface area contributed by atoms with Crippen LogP contribution in [-0.2, 0) is 11.8 Å². The van der Waals surface area contributed by atoms with E-state index in [1.807, 2.05) is 0 Å². The first-order valence-corrected chi connectivity index (χ1v) is 9.68. The molecule has 2 heterocycles. The summed E-state index contributed by atoms with van der Waals surface area (Å²) >= 11 is 0. The number of fused-ring (bicyclic) bond motifs is 1. The van der Waals surface area contributed by atoms with E-state index in [1.165, 1.54) is 63.8 Å². The van der Waals surface area contributed by atoms with Crippen molar-refractivity contribution in [2.24, 2.45) is 11.8 Å². The SMILES string of the molecule is Cc1ccc2c(c1)[C@@]13CCN(CC4CC4)C[C@H]1[C@@H](C2)N(C)CC3. The maximum absolute atomic E-state index is 2.81. The van der Waals surface area contributed by atoms with Gasteiger partial charge < -0.3 is 9.80 Å². The highest BCUT2D eigenvalue weighted by Gasteiger charge is 2.54. The third-order valence-corrected chi connectivity index (χ3v) is 7.42. The second-order valence-electron chi connectivity index (χ2n) is 8.88. The lowest BCUT2D eigenvalue weighted by Gasteiger charge is -2.60. The van der Waals surface area contributed by atoms with Crippen LogP contribution in [0.2, 0.25) is 0 Å². The van der Waals surface area contributed by atoms with E-state index in [2.05, 4.69) is 42.0 Å². The van der Waals surface area contributed by atoms with E-state index in [9.17, 15) is 0 Å². The van der Waals surface area contributed by atoms with Crippen LogP contribution in [0, 0.1) is 18.8 Å². The van der Waals surface area contributed by atoms with E-state index in [4.69, 9.17) is 0 Å². The molecule has 5 rings (SSSR count). The van der Waals surface area contributed by atoms with Crippen LogP contribution in [-0.4, -0.2) is 49.1 Å². The second kappa shape index (κ2) is 5.07. The molecule has 4 aliphatic rings. The first-order chi connectivity index (χ1) is 11.2. The van der Waals surface area contributed by atoms with Crippen LogP contribution in [0.15, 0.2) is 18.2 Å². The predicted octanol–water partition coefficient (Wildman–Crippen LogP) is 3.22. The van der Waals surface area contributed by atoms with Gasteiger partial charge in [-0.15, -0.1) is 0 Å². The highest BCUT2D eigenvalue weighted by Crippen LogP contribution is 2.53. The Balaban J connectivity index is 1.54. The van der Waals surface area contributed by atoms with Crippen molar-refractivity contribution in [2.75, 3.05) is 33.2 Å². The molecule has 2 saturated heterocycles. The molecule has 2 nitrogen and oxygen atoms in total. The van der Waals surface area contributed by atoms with E-state index in [0.29, 0.717) is 5.41 Å². The minimum Gasteiger partial charge on any atom is -0.303 e. The first kappa shape index (κ1) is 14.5. The minimum atomic E-state index is 0.483. The number of likely N-dealkylation sites (tertiary alicyclic amines) is 2. The highest BCUT2D eigenvalue weighted by atomic mass is 15.2. The highest BCUT2D eigenvalue weighted by molar-refractivity contribution is 5.43. The Kier molecular flexibility index (Phi) is 3.19. The zero-order valence-electron chi connectivity index (χ0n) is 14.7. The molecule has 1 aromatic carbocycles. The number of rotatable bonds is 2. The number of piperidine rings is 2. The van der Waals surface area contributed by atoms with Gasteiger partial charge in [0.25, 0.3) is 0 Å². The summed E-state index contributed by atoms with van der Waals surface area (Å²) < 4.78 is 0. The summed E-state index contributed by atoms with van der Waals surface area (Å²) in [6.07, 6.45) is 7.01. The Morgan fingerprint density at radius 1 is 1.17 bits per heavy atom. The average molecular weight is 310 g/mol. The molecule has 1 aromatic rings. The number of likely N-dealkylation sites (N-methyl/N-ethyl adjacent to an activating group) is 1. The Labute approximate surface area is 140 Å². The summed E-state index contributed by atoms with van der Waals surface area (Å²) in [5, 5.41) is 0. The Morgan fingerprint density at radius 2 is 2.00 bits per heavy atom. The lowest BCUT2D eigenvalue weighted by Crippen LogP contribution is -2.64. The molecule has 3 fully saturated rings. The smallest absolute Gasteiger partial charge is 0.0182 e. The molecule has 0 radical (unpaired) electrons. The van der Waals surface area contributed by atoms with Crippen LogP contribution in [0.5, 0.6) is 0 Å². The molecule has 124 valence electrons. The molecule has 0 unspecified atom stereocenters. The van der Waals surface area contributed by atoms with E-state index in [1.54, 1.807) is 11.1 Å². The molecular formula is C21H30N2. The van der Waals surface area contributed by atoms with Crippen LogP contribution in [0.4, 0.5) is 0 Å². The first-order valence-electron chi connectivity index (χ1n) is 9.68. The molecule has 1 saturated carbocycles. The van der Waals surface area contributed by atoms with Crippen LogP contribution >= 0.6 is 0 Å². The summed E-state index contributed by atoms with van der Waals surface area (Å²) in [5.41, 5.74) is 5.32. The van der Waals surface area contributed by atoms with Gasteiger partial charge in [-0.2, -0.15) is 0 Å². The third-order valence-electron chi connectivity index (χ3n) is 7.42. The van der Waals surface area contributed by atoms with Gasteiger partial charge in [0, 0.05) is 24.5 Å². The predicted molar refractivity (Wildman–Crippen MR) is 94.9 cm³/mol. The Bertz CT molecular complexity index is 620. The molecule has 0 N–H and O–H groups in total. The van der Waals surface area contributed by atoms with Gasteiger partial charge in [-0.25, -0.2) is 0 Å². The van der Waals surface area contributed by atoms with Crippen molar-refractivity contribution in [1.82, 2.24) is 9.80 Å². The van der Waals surface area contributed by atoms with Gasteiger partial charge in [0.1, 0.15) is 0 Å². The van der Waals surface area contributed by atoms with Crippen molar-refractivity contribution >= 4 is 0 Å². The normalized spacial score (nSPS) is 37.3. The summed E-state index contributed by atoms with van der Waals surface area (Å²) in [4.78, 5) is 5.49. The van der Waals surface area contributed by atoms with Crippen molar-refractivity contribution < 1.29 is 0 Å². The van der Waals surface area contributed by atoms with E-state index in [0.717, 1.165) is 17.9 Å². The summed E-state index contributed by atoms with van der Waals surface area (Å²) in [5.74, 6) is 1.88. The zero-order chi connectivity index (χ0) is 15.6. The van der Waals surface area contributed by atoms with Crippen molar-refractivity contribution in [1.29, 1.82) is 0 Å². The molecule has 2 bridgehead atoms. The van der Waals surface area contributed by atoms with Crippen molar-refractivity contribution in [3.8, 4) is 0 Å². The average Bonchev–Trinajstić information content (AvgIpc) is 3.35. The molecule has 0 spiro atoms. The van der Waals surface area contributed by atoms with E-state index >= 15 is 0 Å². The van der Waals surface area contributed by atoms with Gasteiger partial charge in [0.2, 0.25) is 0 Å². The van der Waals surface area contributed by atoms with Crippen LogP contribution in [0.1, 0.15) is 42.4 Å². The maximum atomic E-state index is 2.81. The number of benzene rings is 1. The van der Waals surface area contributed by atoms with E-state index in [-0.39, 0.29) is 0 Å². The van der Waals surface area contributed by atoms with Gasteiger partial charge >= 0.3 is 0 Å². The minimum absolute atomic E-state index is 0.483. The summed E-state index contributed by atoms with van der Waals surface area (Å²) in [6, 6.07) is 8.07. The van der Waals surface area contributed by atoms with Crippen LogP contribution in [0.25, 0.3) is 0 Å². The molecule has 2 aliphatic heterocycles. The van der Waals surface area contributed by atoms with Crippen LogP contribution in [0.3, 0.4) is 0 Å². The standard InChI is InChI=1S/C21H30N2/c1-15-3-6-17-12-20-19-14-23(13-16-4-5-16)10-8-21(19,18(17)11-15)7-9-22(20)2/h3,6,11,16,19-20H,4-5,7-10,12-14H2,1-2H3/t19-,20+,21+/m0/s1. The van der Waals surface area contributed by atoms with Gasteiger partial charge in [-0.1, -0.05) is 23.8 Å². The quantitative estimate of drug-likeness (QED) is 0.827. The summed E-state index contributed by atoms with van der Waals surface area (Å²) in [7, 11) is 2.37. The monoisotopic (exact) mass is 310 g/mol. The molecule has 23 heavy (non-hydrogen) atoms.